The summed E-state index contributed by atoms with van der Waals surface area (Å²) < 4.78 is 0. The summed E-state index contributed by atoms with van der Waals surface area (Å²) in [4.78, 5) is 42.3. The second kappa shape index (κ2) is 6.55. The third kappa shape index (κ3) is 3.70. The third-order valence-corrected chi connectivity index (χ3v) is 3.82. The number of carbonyl (C=O) groups excluding carboxylic acids is 2. The Morgan fingerprint density at radius 1 is 1.38 bits per heavy atom. The molecular formula is C12H12N4O3S2. The van der Waals surface area contributed by atoms with Crippen molar-refractivity contribution < 1.29 is 9.59 Å². The van der Waals surface area contributed by atoms with Gasteiger partial charge in [0.1, 0.15) is 0 Å². The standard InChI is InChI=1S/C12H12N4O3S2/c1-6(17)13-9-8(11(19)16-12(15-9)20-2)14-10(18)7-4-3-5-21-7/h3-5H,1-2H3,(H,14,18)(H2,13,15,16,17,19). The fourth-order valence-electron chi connectivity index (χ4n) is 1.51. The van der Waals surface area contributed by atoms with Crippen LogP contribution in [0.1, 0.15) is 16.6 Å². The Hall–Kier alpha value is -2.13. The lowest BCUT2D eigenvalue weighted by Crippen LogP contribution is -2.24. The van der Waals surface area contributed by atoms with Crippen LogP contribution >= 0.6 is 23.1 Å². The summed E-state index contributed by atoms with van der Waals surface area (Å²) in [5.74, 6) is -0.784. The van der Waals surface area contributed by atoms with Gasteiger partial charge in [-0.15, -0.1) is 11.3 Å². The van der Waals surface area contributed by atoms with Crippen LogP contribution < -0.4 is 16.2 Å². The Morgan fingerprint density at radius 3 is 2.71 bits per heavy atom. The van der Waals surface area contributed by atoms with E-state index in [-0.39, 0.29) is 17.4 Å². The predicted molar refractivity (Wildman–Crippen MR) is 83.2 cm³/mol. The zero-order valence-electron chi connectivity index (χ0n) is 11.2. The summed E-state index contributed by atoms with van der Waals surface area (Å²) >= 11 is 2.47. The molecule has 0 fully saturated rings. The molecule has 0 aliphatic rings. The van der Waals surface area contributed by atoms with E-state index in [0.717, 1.165) is 0 Å². The van der Waals surface area contributed by atoms with E-state index in [4.69, 9.17) is 0 Å². The Balaban J connectivity index is 2.39. The van der Waals surface area contributed by atoms with Crippen molar-refractivity contribution in [1.82, 2.24) is 9.97 Å². The van der Waals surface area contributed by atoms with Crippen molar-refractivity contribution in [1.29, 1.82) is 0 Å². The van der Waals surface area contributed by atoms with Gasteiger partial charge in [-0.05, 0) is 17.7 Å². The average Bonchev–Trinajstić information content (AvgIpc) is 2.95. The lowest BCUT2D eigenvalue weighted by Gasteiger charge is -2.10. The van der Waals surface area contributed by atoms with E-state index >= 15 is 0 Å². The third-order valence-electron chi connectivity index (χ3n) is 2.37. The SMILES string of the molecule is CSc1nc(NC(C)=O)c(NC(=O)c2cccs2)c(=O)[nH]1. The van der Waals surface area contributed by atoms with Gasteiger partial charge in [-0.1, -0.05) is 17.8 Å². The van der Waals surface area contributed by atoms with Crippen LogP contribution in [0.2, 0.25) is 0 Å². The van der Waals surface area contributed by atoms with E-state index in [1.165, 1.54) is 30.0 Å². The van der Waals surface area contributed by atoms with Gasteiger partial charge in [0.2, 0.25) is 5.91 Å². The maximum absolute atomic E-state index is 12.0. The van der Waals surface area contributed by atoms with Gasteiger partial charge in [-0.2, -0.15) is 0 Å². The number of carbonyl (C=O) groups is 2. The molecule has 110 valence electrons. The van der Waals surface area contributed by atoms with Crippen LogP contribution in [0.3, 0.4) is 0 Å². The lowest BCUT2D eigenvalue weighted by molar-refractivity contribution is -0.114. The van der Waals surface area contributed by atoms with Gasteiger partial charge in [0.15, 0.2) is 16.7 Å². The van der Waals surface area contributed by atoms with Crippen molar-refractivity contribution in [2.24, 2.45) is 0 Å². The first-order chi connectivity index (χ1) is 10.0. The molecule has 0 saturated heterocycles. The molecule has 0 radical (unpaired) electrons. The van der Waals surface area contributed by atoms with Crippen LogP contribution in [0.4, 0.5) is 11.5 Å². The Kier molecular flexibility index (Phi) is 4.76. The van der Waals surface area contributed by atoms with Gasteiger partial charge < -0.3 is 10.6 Å². The largest absolute Gasteiger partial charge is 0.314 e. The van der Waals surface area contributed by atoms with Crippen molar-refractivity contribution >= 4 is 46.4 Å². The molecule has 3 N–H and O–H groups in total. The van der Waals surface area contributed by atoms with E-state index in [1.807, 2.05) is 0 Å². The molecule has 0 bridgehead atoms. The summed E-state index contributed by atoms with van der Waals surface area (Å²) in [6.45, 7) is 1.30. The number of thiophene rings is 1. The molecule has 0 spiro atoms. The van der Waals surface area contributed by atoms with Crippen LogP contribution in [0, 0.1) is 0 Å². The second-order valence-electron chi connectivity index (χ2n) is 3.91. The molecule has 0 aliphatic carbocycles. The van der Waals surface area contributed by atoms with Crippen LogP contribution in [0.15, 0.2) is 27.5 Å². The lowest BCUT2D eigenvalue weighted by atomic mass is 10.4. The molecule has 21 heavy (non-hydrogen) atoms. The van der Waals surface area contributed by atoms with Crippen molar-refractivity contribution in [3.05, 3.63) is 32.7 Å². The Bertz CT molecular complexity index is 725. The number of rotatable bonds is 4. The van der Waals surface area contributed by atoms with E-state index in [1.54, 1.807) is 23.8 Å². The van der Waals surface area contributed by atoms with E-state index < -0.39 is 11.5 Å². The quantitative estimate of drug-likeness (QED) is 0.587. The second-order valence-corrected chi connectivity index (χ2v) is 5.65. The van der Waals surface area contributed by atoms with Gasteiger partial charge in [-0.3, -0.25) is 19.4 Å². The van der Waals surface area contributed by atoms with Gasteiger partial charge >= 0.3 is 0 Å². The molecular weight excluding hydrogens is 312 g/mol. The number of thioether (sulfide) groups is 1. The van der Waals surface area contributed by atoms with Crippen molar-refractivity contribution in [2.45, 2.75) is 12.1 Å². The summed E-state index contributed by atoms with van der Waals surface area (Å²) in [5, 5.41) is 7.02. The monoisotopic (exact) mass is 324 g/mol. The molecule has 2 aromatic heterocycles. The first-order valence-electron chi connectivity index (χ1n) is 5.82. The number of anilines is 2. The van der Waals surface area contributed by atoms with E-state index in [0.29, 0.717) is 10.0 Å². The van der Waals surface area contributed by atoms with Crippen molar-refractivity contribution in [2.75, 3.05) is 16.9 Å². The Labute approximate surface area is 128 Å². The predicted octanol–water partition coefficient (Wildman–Crippen LogP) is 1.76. The summed E-state index contributed by atoms with van der Waals surface area (Å²) in [5.41, 5.74) is -0.607. The molecule has 0 aromatic carbocycles. The highest BCUT2D eigenvalue weighted by atomic mass is 32.2. The minimum absolute atomic E-state index is 0.0282. The highest BCUT2D eigenvalue weighted by molar-refractivity contribution is 7.98. The molecule has 7 nitrogen and oxygen atoms in total. The van der Waals surface area contributed by atoms with E-state index in [2.05, 4.69) is 20.6 Å². The number of nitrogens with zero attached hydrogens (tertiary/aromatic N) is 1. The first-order valence-corrected chi connectivity index (χ1v) is 7.92. The van der Waals surface area contributed by atoms with Crippen molar-refractivity contribution in [3.63, 3.8) is 0 Å². The molecule has 2 aromatic rings. The highest BCUT2D eigenvalue weighted by Gasteiger charge is 2.16. The van der Waals surface area contributed by atoms with Crippen LogP contribution in [0.25, 0.3) is 0 Å². The van der Waals surface area contributed by atoms with Gasteiger partial charge in [0, 0.05) is 6.92 Å². The topological polar surface area (TPSA) is 104 Å². The molecule has 2 amide bonds. The summed E-state index contributed by atoms with van der Waals surface area (Å²) in [7, 11) is 0. The molecule has 2 rings (SSSR count). The number of hydrogen-bond acceptors (Lipinski definition) is 6. The van der Waals surface area contributed by atoms with Crippen LogP contribution in [-0.4, -0.2) is 28.0 Å². The first kappa shape index (κ1) is 15.3. The van der Waals surface area contributed by atoms with Crippen molar-refractivity contribution in [3.8, 4) is 0 Å². The molecule has 0 saturated carbocycles. The summed E-state index contributed by atoms with van der Waals surface area (Å²) in [6.07, 6.45) is 1.74. The molecule has 9 heteroatoms. The number of nitrogens with one attached hydrogen (secondary N) is 3. The average molecular weight is 324 g/mol. The number of hydrogen-bond donors (Lipinski definition) is 3. The molecule has 0 unspecified atom stereocenters. The van der Waals surface area contributed by atoms with Gasteiger partial charge in [-0.25, -0.2) is 4.98 Å². The maximum atomic E-state index is 12.0. The molecule has 0 atom stereocenters. The highest BCUT2D eigenvalue weighted by Crippen LogP contribution is 2.19. The maximum Gasteiger partial charge on any atom is 0.277 e. The smallest absolute Gasteiger partial charge is 0.277 e. The molecule has 2 heterocycles. The fraction of sp³-hybridized carbons (Fsp3) is 0.167. The number of amides is 2. The molecule has 0 aliphatic heterocycles. The zero-order chi connectivity index (χ0) is 15.4. The Morgan fingerprint density at radius 2 is 2.14 bits per heavy atom. The number of aromatic amines is 1. The number of aromatic nitrogens is 2. The minimum atomic E-state index is -0.525. The zero-order valence-corrected chi connectivity index (χ0v) is 12.9. The fourth-order valence-corrected chi connectivity index (χ4v) is 2.50. The summed E-state index contributed by atoms with van der Waals surface area (Å²) in [6, 6.07) is 3.36. The normalized spacial score (nSPS) is 10.2. The van der Waals surface area contributed by atoms with Gasteiger partial charge in [0.05, 0.1) is 4.88 Å². The van der Waals surface area contributed by atoms with Crippen LogP contribution in [-0.2, 0) is 4.79 Å². The van der Waals surface area contributed by atoms with Gasteiger partial charge in [0.25, 0.3) is 11.5 Å². The van der Waals surface area contributed by atoms with E-state index in [9.17, 15) is 14.4 Å². The number of H-pyrrole nitrogens is 1. The van der Waals surface area contributed by atoms with Crippen LogP contribution in [0.5, 0.6) is 0 Å². The minimum Gasteiger partial charge on any atom is -0.314 e.